The molecule has 2 aliphatic carbocycles. The molecule has 1 saturated heterocycles. The highest BCUT2D eigenvalue weighted by molar-refractivity contribution is 6.46. The summed E-state index contributed by atoms with van der Waals surface area (Å²) < 4.78 is 5.50. The molecule has 1 aromatic carbocycles. The van der Waals surface area contributed by atoms with E-state index >= 15 is 0 Å². The van der Waals surface area contributed by atoms with Crippen molar-refractivity contribution < 1.29 is 14.3 Å². The quantitative estimate of drug-likeness (QED) is 0.282. The molecule has 1 saturated carbocycles. The standard InChI is InChI=1S/C29H36N8O3/c30-23(18-7-8-18)16-24(31)29(39)35-20-4-1-3-19(15-20)25(9-10-37-11-13-40-14-12-37)36-28-22-6-2-5-21(27(32)38)26(22)33-17-34-28/h1-5,15-18,22,25,31H,6-14,30H2,(H2,32,38)(H,35,39)(H,33,34,36). The Morgan fingerprint density at radius 1 is 1.27 bits per heavy atom. The molecule has 2 fully saturated rings. The number of fused-ring (bicyclic) bond motifs is 1. The van der Waals surface area contributed by atoms with Crippen molar-refractivity contribution in [3.8, 4) is 0 Å². The Bertz CT molecular complexity index is 1320. The first-order valence-electron chi connectivity index (χ1n) is 13.7. The number of amides is 2. The van der Waals surface area contributed by atoms with E-state index in [2.05, 4.69) is 20.5 Å². The van der Waals surface area contributed by atoms with Crippen LogP contribution in [0.3, 0.4) is 0 Å². The number of nitrogens with zero attached hydrogens (tertiary/aromatic N) is 3. The number of aliphatic imine (C=N–C) groups is 2. The highest BCUT2D eigenvalue weighted by Gasteiger charge is 2.30. The molecule has 0 spiro atoms. The fourth-order valence-electron chi connectivity index (χ4n) is 5.11. The second kappa shape index (κ2) is 12.4. The molecule has 11 nitrogen and oxygen atoms in total. The number of amidine groups is 1. The summed E-state index contributed by atoms with van der Waals surface area (Å²) in [5.74, 6) is -0.293. The molecule has 11 heteroatoms. The molecule has 5 rings (SSSR count). The normalized spacial score (nSPS) is 22.9. The van der Waals surface area contributed by atoms with Crippen molar-refractivity contribution in [2.45, 2.75) is 31.7 Å². The second-order valence-electron chi connectivity index (χ2n) is 10.4. The van der Waals surface area contributed by atoms with E-state index in [4.69, 9.17) is 26.6 Å². The van der Waals surface area contributed by atoms with Crippen LogP contribution < -0.4 is 22.1 Å². The number of rotatable bonds is 10. The fourth-order valence-corrected chi connectivity index (χ4v) is 5.11. The van der Waals surface area contributed by atoms with Gasteiger partial charge in [-0.05, 0) is 55.4 Å². The van der Waals surface area contributed by atoms with Gasteiger partial charge in [0.25, 0.3) is 5.91 Å². The fraction of sp³-hybridized carbons (Fsp3) is 0.414. The van der Waals surface area contributed by atoms with E-state index in [-0.39, 0.29) is 23.6 Å². The lowest BCUT2D eigenvalue weighted by Gasteiger charge is -2.29. The predicted octanol–water partition coefficient (Wildman–Crippen LogP) is 2.01. The van der Waals surface area contributed by atoms with Gasteiger partial charge in [-0.15, -0.1) is 0 Å². The molecule has 2 heterocycles. The van der Waals surface area contributed by atoms with Gasteiger partial charge in [0.15, 0.2) is 0 Å². The molecule has 0 bridgehead atoms. The van der Waals surface area contributed by atoms with E-state index in [1.807, 2.05) is 24.3 Å². The number of anilines is 1. The zero-order valence-electron chi connectivity index (χ0n) is 22.4. The third kappa shape index (κ3) is 6.72. The topological polar surface area (TPSA) is 171 Å². The summed E-state index contributed by atoms with van der Waals surface area (Å²) in [6.45, 7) is 3.97. The summed E-state index contributed by atoms with van der Waals surface area (Å²) in [6.07, 6.45) is 10.1. The molecule has 4 aliphatic rings. The summed E-state index contributed by atoms with van der Waals surface area (Å²) in [5.41, 5.74) is 14.7. The number of ether oxygens (including phenoxy) is 1. The van der Waals surface area contributed by atoms with E-state index in [1.165, 1.54) is 6.08 Å². The van der Waals surface area contributed by atoms with Crippen LogP contribution in [0.15, 0.2) is 69.4 Å². The van der Waals surface area contributed by atoms with Gasteiger partial charge in [0, 0.05) is 36.7 Å². The second-order valence-corrected chi connectivity index (χ2v) is 10.4. The minimum Gasteiger partial charge on any atom is -0.402 e. The van der Waals surface area contributed by atoms with E-state index in [9.17, 15) is 9.59 Å². The number of benzene rings is 1. The van der Waals surface area contributed by atoms with Crippen molar-refractivity contribution in [1.29, 1.82) is 5.41 Å². The van der Waals surface area contributed by atoms with Crippen LogP contribution in [-0.4, -0.2) is 67.4 Å². The van der Waals surface area contributed by atoms with Gasteiger partial charge in [-0.2, -0.15) is 0 Å². The Labute approximate surface area is 233 Å². The number of hydrogen-bond acceptors (Lipinski definition) is 8. The number of allylic oxidation sites excluding steroid dienone is 2. The van der Waals surface area contributed by atoms with Crippen LogP contribution >= 0.6 is 0 Å². The smallest absolute Gasteiger partial charge is 0.273 e. The van der Waals surface area contributed by atoms with Gasteiger partial charge < -0.3 is 26.8 Å². The van der Waals surface area contributed by atoms with Gasteiger partial charge in [-0.25, -0.2) is 4.99 Å². The molecule has 2 atom stereocenters. The number of nitrogens with one attached hydrogen (secondary N) is 3. The van der Waals surface area contributed by atoms with Gasteiger partial charge >= 0.3 is 0 Å². The number of primary amides is 1. The van der Waals surface area contributed by atoms with Crippen LogP contribution in [0.2, 0.25) is 0 Å². The van der Waals surface area contributed by atoms with Crippen LogP contribution in [-0.2, 0) is 14.3 Å². The lowest BCUT2D eigenvalue weighted by Crippen LogP contribution is -2.37. The number of carbonyl (C=O) groups excluding carboxylic acids is 2. The maximum atomic E-state index is 12.7. The molecule has 1 aromatic rings. The van der Waals surface area contributed by atoms with E-state index in [0.29, 0.717) is 48.1 Å². The Kier molecular flexibility index (Phi) is 8.51. The monoisotopic (exact) mass is 544 g/mol. The summed E-state index contributed by atoms with van der Waals surface area (Å²) in [4.78, 5) is 36.7. The van der Waals surface area contributed by atoms with Crippen molar-refractivity contribution in [3.63, 3.8) is 0 Å². The summed E-state index contributed by atoms with van der Waals surface area (Å²) in [5, 5.41) is 14.1. The first-order valence-corrected chi connectivity index (χ1v) is 13.7. The molecule has 40 heavy (non-hydrogen) atoms. The van der Waals surface area contributed by atoms with Crippen LogP contribution in [0.25, 0.3) is 0 Å². The number of morpholine rings is 1. The molecule has 2 amide bonds. The van der Waals surface area contributed by atoms with Crippen LogP contribution in [0.4, 0.5) is 5.69 Å². The number of carbonyl (C=O) groups is 2. The average molecular weight is 545 g/mol. The summed E-state index contributed by atoms with van der Waals surface area (Å²) in [6, 6.07) is 7.29. The number of nitrogens with two attached hydrogens (primary N) is 2. The molecule has 0 aromatic heterocycles. The first kappa shape index (κ1) is 27.5. The lowest BCUT2D eigenvalue weighted by molar-refractivity contribution is -0.114. The molecule has 7 N–H and O–H groups in total. The Morgan fingerprint density at radius 3 is 2.83 bits per heavy atom. The molecule has 2 unspecified atom stereocenters. The van der Waals surface area contributed by atoms with Crippen molar-refractivity contribution in [1.82, 2.24) is 10.2 Å². The molecule has 0 radical (unpaired) electrons. The van der Waals surface area contributed by atoms with Crippen LogP contribution in [0, 0.1) is 17.2 Å². The maximum absolute atomic E-state index is 12.7. The highest BCUT2D eigenvalue weighted by atomic mass is 16.5. The van der Waals surface area contributed by atoms with Gasteiger partial charge in [0.2, 0.25) is 5.91 Å². The van der Waals surface area contributed by atoms with Crippen molar-refractivity contribution in [2.24, 2.45) is 33.3 Å². The SMILES string of the molecule is N=C(C=C(N)C1CC1)C(=O)Nc1cccc(C(CCN2CCOCC2)N=C2N=CNC3=C(C(N)=O)C=CCC23)c1. The highest BCUT2D eigenvalue weighted by Crippen LogP contribution is 2.34. The van der Waals surface area contributed by atoms with Gasteiger partial charge in [-0.1, -0.05) is 24.3 Å². The lowest BCUT2D eigenvalue weighted by atomic mass is 9.89. The molecule has 2 aliphatic heterocycles. The van der Waals surface area contributed by atoms with Crippen molar-refractivity contribution in [2.75, 3.05) is 38.2 Å². The first-order chi connectivity index (χ1) is 19.4. The van der Waals surface area contributed by atoms with Crippen molar-refractivity contribution >= 4 is 35.4 Å². The van der Waals surface area contributed by atoms with Gasteiger partial charge in [0.05, 0.1) is 37.1 Å². The maximum Gasteiger partial charge on any atom is 0.273 e. The summed E-state index contributed by atoms with van der Waals surface area (Å²) >= 11 is 0. The molecule has 210 valence electrons. The zero-order valence-corrected chi connectivity index (χ0v) is 22.4. The van der Waals surface area contributed by atoms with Gasteiger partial charge in [0.1, 0.15) is 11.5 Å². The minimum absolute atomic E-state index is 0.169. The van der Waals surface area contributed by atoms with Crippen LogP contribution in [0.5, 0.6) is 0 Å². The molecular formula is C29H36N8O3. The average Bonchev–Trinajstić information content (AvgIpc) is 3.81. The zero-order chi connectivity index (χ0) is 28.1. The summed E-state index contributed by atoms with van der Waals surface area (Å²) in [7, 11) is 0. The van der Waals surface area contributed by atoms with E-state index < -0.39 is 11.8 Å². The van der Waals surface area contributed by atoms with E-state index in [0.717, 1.165) is 44.5 Å². The Balaban J connectivity index is 1.39. The van der Waals surface area contributed by atoms with E-state index in [1.54, 1.807) is 18.5 Å². The van der Waals surface area contributed by atoms with Gasteiger partial charge in [-0.3, -0.25) is 24.9 Å². The Morgan fingerprint density at radius 2 is 2.08 bits per heavy atom. The largest absolute Gasteiger partial charge is 0.402 e. The number of hydrogen-bond donors (Lipinski definition) is 5. The predicted molar refractivity (Wildman–Crippen MR) is 155 cm³/mol. The third-order valence-electron chi connectivity index (χ3n) is 7.53. The molecular weight excluding hydrogens is 508 g/mol. The third-order valence-corrected chi connectivity index (χ3v) is 7.53. The van der Waals surface area contributed by atoms with Crippen molar-refractivity contribution in [3.05, 3.63) is 65.0 Å². The minimum atomic E-state index is -0.511. The van der Waals surface area contributed by atoms with Crippen LogP contribution in [0.1, 0.15) is 37.3 Å². The Hall–Kier alpha value is -4.09.